The monoisotopic (exact) mass is 290 g/mol. The van der Waals surface area contributed by atoms with Crippen LogP contribution in [0.15, 0.2) is 54.9 Å². The number of rotatable bonds is 4. The predicted octanol–water partition coefficient (Wildman–Crippen LogP) is 2.87. The average molecular weight is 290 g/mol. The first-order valence-corrected chi connectivity index (χ1v) is 6.82. The number of nitriles is 1. The molecule has 0 saturated carbocycles. The molecule has 5 heteroatoms. The average Bonchev–Trinajstić information content (AvgIpc) is 3.10. The maximum Gasteiger partial charge on any atom is 0.142 e. The second-order valence-corrected chi connectivity index (χ2v) is 4.78. The first-order valence-electron chi connectivity index (χ1n) is 6.82. The lowest BCUT2D eigenvalue weighted by atomic mass is 9.89. The minimum atomic E-state index is -0.133. The molecule has 1 unspecified atom stereocenters. The highest BCUT2D eigenvalue weighted by molar-refractivity contribution is 5.47. The van der Waals surface area contributed by atoms with Crippen molar-refractivity contribution in [3.63, 3.8) is 0 Å². The van der Waals surface area contributed by atoms with E-state index in [0.29, 0.717) is 5.56 Å². The van der Waals surface area contributed by atoms with Crippen LogP contribution in [0.5, 0.6) is 5.75 Å². The summed E-state index contributed by atoms with van der Waals surface area (Å²) in [4.78, 5) is 3.07. The third-order valence-corrected chi connectivity index (χ3v) is 3.53. The molecule has 2 aromatic carbocycles. The number of nitrogens with zero attached hydrogens (tertiary/aromatic N) is 3. The first-order chi connectivity index (χ1) is 10.8. The molecule has 5 nitrogen and oxygen atoms in total. The van der Waals surface area contributed by atoms with Crippen molar-refractivity contribution in [2.45, 2.75) is 5.92 Å². The zero-order valence-corrected chi connectivity index (χ0v) is 12.0. The molecule has 1 heterocycles. The van der Waals surface area contributed by atoms with Gasteiger partial charge in [0.15, 0.2) is 0 Å². The molecule has 108 valence electrons. The van der Waals surface area contributed by atoms with Crippen LogP contribution in [0.1, 0.15) is 28.4 Å². The summed E-state index contributed by atoms with van der Waals surface area (Å²) >= 11 is 0. The van der Waals surface area contributed by atoms with Gasteiger partial charge in [-0.3, -0.25) is 0 Å². The maximum atomic E-state index is 8.95. The zero-order chi connectivity index (χ0) is 15.4. The number of nitrogens with one attached hydrogen (secondary N) is 1. The van der Waals surface area contributed by atoms with E-state index in [1.807, 2.05) is 36.4 Å². The fraction of sp³-hybridized carbons (Fsp3) is 0.118. The van der Waals surface area contributed by atoms with E-state index in [9.17, 15) is 0 Å². The number of hydrogen-bond acceptors (Lipinski definition) is 4. The smallest absolute Gasteiger partial charge is 0.142 e. The lowest BCUT2D eigenvalue weighted by Gasteiger charge is -2.18. The molecule has 0 fully saturated rings. The Balaban J connectivity index is 2.14. The molecule has 22 heavy (non-hydrogen) atoms. The Morgan fingerprint density at radius 3 is 2.55 bits per heavy atom. The summed E-state index contributed by atoms with van der Waals surface area (Å²) in [6.07, 6.45) is 1.56. The Morgan fingerprint density at radius 2 is 1.91 bits per heavy atom. The quantitative estimate of drug-likeness (QED) is 0.801. The molecule has 3 aromatic rings. The van der Waals surface area contributed by atoms with Gasteiger partial charge in [-0.2, -0.15) is 5.26 Å². The molecular formula is C17H14N4O. The van der Waals surface area contributed by atoms with Crippen LogP contribution in [0.4, 0.5) is 0 Å². The molecule has 0 spiro atoms. The molecule has 0 aliphatic heterocycles. The fourth-order valence-electron chi connectivity index (χ4n) is 2.50. The van der Waals surface area contributed by atoms with Crippen LogP contribution in [0.3, 0.4) is 0 Å². The predicted molar refractivity (Wildman–Crippen MR) is 81.5 cm³/mol. The topological polar surface area (TPSA) is 74.6 Å². The molecular weight excluding hydrogens is 276 g/mol. The summed E-state index contributed by atoms with van der Waals surface area (Å²) in [5.74, 6) is 1.38. The van der Waals surface area contributed by atoms with Crippen LogP contribution in [0.2, 0.25) is 0 Å². The fourth-order valence-corrected chi connectivity index (χ4v) is 2.50. The Hall–Kier alpha value is -3.13. The lowest BCUT2D eigenvalue weighted by molar-refractivity contribution is 0.408. The first kappa shape index (κ1) is 13.8. The van der Waals surface area contributed by atoms with E-state index in [1.54, 1.807) is 25.6 Å². The summed E-state index contributed by atoms with van der Waals surface area (Å²) in [5, 5.41) is 17.0. The normalized spacial score (nSPS) is 11.6. The van der Waals surface area contributed by atoms with Gasteiger partial charge in [0.25, 0.3) is 0 Å². The van der Waals surface area contributed by atoms with E-state index in [4.69, 9.17) is 10.00 Å². The van der Waals surface area contributed by atoms with Gasteiger partial charge >= 0.3 is 0 Å². The van der Waals surface area contributed by atoms with Gasteiger partial charge in [-0.25, -0.2) is 0 Å². The van der Waals surface area contributed by atoms with E-state index in [1.165, 1.54) is 0 Å². The summed E-state index contributed by atoms with van der Waals surface area (Å²) in [6, 6.07) is 17.4. The van der Waals surface area contributed by atoms with E-state index in [2.05, 4.69) is 21.3 Å². The van der Waals surface area contributed by atoms with E-state index < -0.39 is 0 Å². The molecule has 0 amide bonds. The van der Waals surface area contributed by atoms with Gasteiger partial charge in [0.05, 0.1) is 24.7 Å². The molecule has 0 saturated heterocycles. The third kappa shape index (κ3) is 2.54. The summed E-state index contributed by atoms with van der Waals surface area (Å²) < 4.78 is 5.48. The standard InChI is InChI=1S/C17H14N4O/c1-22-15-5-3-2-4-14(15)16(17-19-11-20-21-17)13-8-6-12(10-18)7-9-13/h2-9,11,16H,1H3,(H,19,20,21). The Morgan fingerprint density at radius 1 is 1.14 bits per heavy atom. The van der Waals surface area contributed by atoms with Crippen molar-refractivity contribution in [1.82, 2.24) is 15.2 Å². The highest BCUT2D eigenvalue weighted by Gasteiger charge is 2.22. The highest BCUT2D eigenvalue weighted by atomic mass is 16.5. The van der Waals surface area contributed by atoms with Crippen LogP contribution < -0.4 is 4.74 Å². The van der Waals surface area contributed by atoms with E-state index in [0.717, 1.165) is 22.7 Å². The Kier molecular flexibility index (Phi) is 3.84. The minimum Gasteiger partial charge on any atom is -0.496 e. The van der Waals surface area contributed by atoms with E-state index in [-0.39, 0.29) is 5.92 Å². The van der Waals surface area contributed by atoms with Crippen molar-refractivity contribution in [2.24, 2.45) is 0 Å². The van der Waals surface area contributed by atoms with Gasteiger partial charge in [0, 0.05) is 5.56 Å². The number of aromatic amines is 1. The summed E-state index contributed by atoms with van der Waals surface area (Å²) in [6.45, 7) is 0. The number of aromatic nitrogens is 3. The molecule has 3 rings (SSSR count). The summed E-state index contributed by atoms with van der Waals surface area (Å²) in [7, 11) is 1.65. The van der Waals surface area contributed by atoms with Gasteiger partial charge < -0.3 is 9.72 Å². The Bertz CT molecular complexity index is 788. The number of ether oxygens (including phenoxy) is 1. The van der Waals surface area contributed by atoms with Crippen LogP contribution in [-0.2, 0) is 0 Å². The highest BCUT2D eigenvalue weighted by Crippen LogP contribution is 2.35. The maximum absolute atomic E-state index is 8.95. The van der Waals surface area contributed by atoms with Crippen LogP contribution in [0, 0.1) is 11.3 Å². The van der Waals surface area contributed by atoms with Gasteiger partial charge in [0.2, 0.25) is 0 Å². The third-order valence-electron chi connectivity index (χ3n) is 3.53. The van der Waals surface area contributed by atoms with Crippen LogP contribution in [-0.4, -0.2) is 22.3 Å². The Labute approximate surface area is 128 Å². The molecule has 0 bridgehead atoms. The largest absolute Gasteiger partial charge is 0.496 e. The van der Waals surface area contributed by atoms with Crippen LogP contribution in [0.25, 0.3) is 0 Å². The summed E-state index contributed by atoms with van der Waals surface area (Å²) in [5.41, 5.74) is 2.63. The number of hydrogen-bond donors (Lipinski definition) is 1. The van der Waals surface area contributed by atoms with Crippen molar-refractivity contribution in [1.29, 1.82) is 5.26 Å². The minimum absolute atomic E-state index is 0.133. The second kappa shape index (κ2) is 6.10. The van der Waals surface area contributed by atoms with E-state index >= 15 is 0 Å². The zero-order valence-electron chi connectivity index (χ0n) is 12.0. The molecule has 0 aliphatic rings. The van der Waals surface area contributed by atoms with Crippen molar-refractivity contribution in [3.8, 4) is 11.8 Å². The van der Waals surface area contributed by atoms with Crippen molar-refractivity contribution < 1.29 is 4.74 Å². The molecule has 1 N–H and O–H groups in total. The second-order valence-electron chi connectivity index (χ2n) is 4.78. The van der Waals surface area contributed by atoms with Crippen molar-refractivity contribution in [3.05, 3.63) is 77.4 Å². The van der Waals surface area contributed by atoms with Gasteiger partial charge in [-0.15, -0.1) is 10.2 Å². The molecule has 0 aliphatic carbocycles. The molecule has 0 radical (unpaired) electrons. The molecule has 1 atom stereocenters. The lowest BCUT2D eigenvalue weighted by Crippen LogP contribution is -2.07. The molecule has 1 aromatic heterocycles. The number of methoxy groups -OCH3 is 1. The van der Waals surface area contributed by atoms with Gasteiger partial charge in [-0.05, 0) is 23.8 Å². The van der Waals surface area contributed by atoms with Gasteiger partial charge in [-0.1, -0.05) is 30.3 Å². The SMILES string of the molecule is COc1ccccc1C(c1ccc(C#N)cc1)c1nnc[nH]1. The van der Waals surface area contributed by atoms with Crippen molar-refractivity contribution in [2.75, 3.05) is 7.11 Å². The van der Waals surface area contributed by atoms with Crippen LogP contribution >= 0.6 is 0 Å². The van der Waals surface area contributed by atoms with Crippen molar-refractivity contribution >= 4 is 0 Å². The number of H-pyrrole nitrogens is 1. The number of para-hydroxylation sites is 1. The number of benzene rings is 2. The van der Waals surface area contributed by atoms with Gasteiger partial charge in [0.1, 0.15) is 17.9 Å².